The normalized spacial score (nSPS) is 11.4. The largest absolute Gasteiger partial charge is 0.326 e. The number of sulfonamides is 1. The Morgan fingerprint density at radius 3 is 2.43 bits per heavy atom. The molecule has 0 amide bonds. The highest BCUT2D eigenvalue weighted by Crippen LogP contribution is 2.29. The topological polar surface area (TPSA) is 72.2 Å². The van der Waals surface area contributed by atoms with Crippen LogP contribution in [0, 0.1) is 0 Å². The molecule has 0 bridgehead atoms. The number of rotatable bonds is 4. The van der Waals surface area contributed by atoms with Gasteiger partial charge >= 0.3 is 0 Å². The third kappa shape index (κ3) is 3.90. The SMILES string of the molecule is NCc1ccc(Cl)c(S(=O)(=O)Nc2ccc(Br)c(Cl)c2)c1. The monoisotopic (exact) mass is 408 g/mol. The van der Waals surface area contributed by atoms with E-state index >= 15 is 0 Å². The van der Waals surface area contributed by atoms with E-state index in [4.69, 9.17) is 28.9 Å². The molecule has 0 aliphatic carbocycles. The summed E-state index contributed by atoms with van der Waals surface area (Å²) >= 11 is 15.2. The van der Waals surface area contributed by atoms with Crippen molar-refractivity contribution in [2.24, 2.45) is 5.73 Å². The van der Waals surface area contributed by atoms with Gasteiger partial charge in [0, 0.05) is 11.0 Å². The summed E-state index contributed by atoms with van der Waals surface area (Å²) in [5.74, 6) is 0. The van der Waals surface area contributed by atoms with Gasteiger partial charge in [0.05, 0.1) is 15.7 Å². The van der Waals surface area contributed by atoms with Gasteiger partial charge in [-0.05, 0) is 51.8 Å². The Balaban J connectivity index is 2.40. The molecule has 0 radical (unpaired) electrons. The summed E-state index contributed by atoms with van der Waals surface area (Å²) in [6.07, 6.45) is 0. The maximum absolute atomic E-state index is 12.4. The van der Waals surface area contributed by atoms with Gasteiger partial charge in [-0.1, -0.05) is 29.3 Å². The van der Waals surface area contributed by atoms with E-state index in [9.17, 15) is 8.42 Å². The van der Waals surface area contributed by atoms with Crippen molar-refractivity contribution >= 4 is 54.8 Å². The second-order valence-corrected chi connectivity index (χ2v) is 7.52. The molecule has 8 heteroatoms. The van der Waals surface area contributed by atoms with Crippen LogP contribution >= 0.6 is 39.1 Å². The lowest BCUT2D eigenvalue weighted by Gasteiger charge is -2.11. The van der Waals surface area contributed by atoms with Gasteiger partial charge in [-0.3, -0.25) is 4.72 Å². The van der Waals surface area contributed by atoms with Crippen LogP contribution < -0.4 is 10.5 Å². The Hall–Kier alpha value is -0.790. The van der Waals surface area contributed by atoms with Gasteiger partial charge in [0.2, 0.25) is 0 Å². The van der Waals surface area contributed by atoms with Crippen LogP contribution in [0.4, 0.5) is 5.69 Å². The zero-order valence-electron chi connectivity index (χ0n) is 10.6. The fourth-order valence-corrected chi connectivity index (χ4v) is 3.68. The van der Waals surface area contributed by atoms with Gasteiger partial charge < -0.3 is 5.73 Å². The lowest BCUT2D eigenvalue weighted by Crippen LogP contribution is -2.14. The van der Waals surface area contributed by atoms with Crippen LogP contribution in [0.25, 0.3) is 0 Å². The van der Waals surface area contributed by atoms with Gasteiger partial charge in [0.15, 0.2) is 0 Å². The van der Waals surface area contributed by atoms with Gasteiger partial charge in [-0.2, -0.15) is 0 Å². The number of hydrogen-bond donors (Lipinski definition) is 2. The number of halogens is 3. The Bertz CT molecular complexity index is 782. The standard InChI is InChI=1S/C13H11BrCl2N2O2S/c14-10-3-2-9(6-12(10)16)18-21(19,20)13-5-8(7-17)1-4-11(13)15/h1-6,18H,7,17H2. The van der Waals surface area contributed by atoms with Crippen molar-refractivity contribution in [3.05, 3.63) is 56.5 Å². The highest BCUT2D eigenvalue weighted by atomic mass is 79.9. The van der Waals surface area contributed by atoms with Crippen molar-refractivity contribution < 1.29 is 8.42 Å². The molecule has 0 spiro atoms. The third-order valence-electron chi connectivity index (χ3n) is 2.69. The van der Waals surface area contributed by atoms with Crippen LogP contribution in [0.3, 0.4) is 0 Å². The van der Waals surface area contributed by atoms with Gasteiger partial charge in [-0.25, -0.2) is 8.42 Å². The fourth-order valence-electron chi connectivity index (χ4n) is 1.65. The van der Waals surface area contributed by atoms with Crippen molar-refractivity contribution in [3.8, 4) is 0 Å². The molecule has 2 aromatic carbocycles. The Kier molecular flexibility index (Phi) is 5.16. The number of anilines is 1. The molecule has 0 heterocycles. The van der Waals surface area contributed by atoms with Crippen LogP contribution in [0.5, 0.6) is 0 Å². The minimum absolute atomic E-state index is 0.0221. The third-order valence-corrected chi connectivity index (χ3v) is 5.79. The van der Waals surface area contributed by atoms with Crippen molar-refractivity contribution in [2.75, 3.05) is 4.72 Å². The molecule has 0 aliphatic rings. The summed E-state index contributed by atoms with van der Waals surface area (Å²) in [5, 5.41) is 0.528. The second-order valence-electron chi connectivity index (χ2n) is 4.20. The molecule has 4 nitrogen and oxygen atoms in total. The quantitative estimate of drug-likeness (QED) is 0.800. The minimum Gasteiger partial charge on any atom is -0.326 e. The molecule has 21 heavy (non-hydrogen) atoms. The van der Waals surface area contributed by atoms with Gasteiger partial charge in [-0.15, -0.1) is 0 Å². The molecule has 3 N–H and O–H groups in total. The number of nitrogens with one attached hydrogen (secondary N) is 1. The predicted octanol–water partition coefficient (Wildman–Crippen LogP) is 4.02. The predicted molar refractivity (Wildman–Crippen MR) is 89.3 cm³/mol. The molecule has 0 aliphatic heterocycles. The van der Waals surface area contributed by atoms with Crippen LogP contribution in [0.1, 0.15) is 5.56 Å². The van der Waals surface area contributed by atoms with Crippen molar-refractivity contribution in [2.45, 2.75) is 11.4 Å². The summed E-state index contributed by atoms with van der Waals surface area (Å²) in [4.78, 5) is -0.0221. The average molecular weight is 410 g/mol. The summed E-state index contributed by atoms with van der Waals surface area (Å²) in [5.41, 5.74) is 6.54. The van der Waals surface area contributed by atoms with Gasteiger partial charge in [0.25, 0.3) is 10.0 Å². The van der Waals surface area contributed by atoms with E-state index in [-0.39, 0.29) is 16.5 Å². The van der Waals surface area contributed by atoms with E-state index in [1.807, 2.05) is 0 Å². The maximum Gasteiger partial charge on any atom is 0.263 e. The smallest absolute Gasteiger partial charge is 0.263 e. The van der Waals surface area contributed by atoms with E-state index in [0.717, 1.165) is 0 Å². The van der Waals surface area contributed by atoms with Crippen LogP contribution in [0.2, 0.25) is 10.0 Å². The van der Waals surface area contributed by atoms with Crippen molar-refractivity contribution in [3.63, 3.8) is 0 Å². The van der Waals surface area contributed by atoms with E-state index in [2.05, 4.69) is 20.7 Å². The van der Waals surface area contributed by atoms with Crippen LogP contribution in [-0.2, 0) is 16.6 Å². The molecule has 0 fully saturated rings. The highest BCUT2D eigenvalue weighted by Gasteiger charge is 2.19. The summed E-state index contributed by atoms with van der Waals surface area (Å²) in [7, 11) is -3.82. The Morgan fingerprint density at radius 2 is 1.81 bits per heavy atom. The summed E-state index contributed by atoms with van der Waals surface area (Å²) in [6, 6.07) is 9.38. The molecule has 2 aromatic rings. The first-order valence-electron chi connectivity index (χ1n) is 5.80. The molecular formula is C13H11BrCl2N2O2S. The first-order valence-corrected chi connectivity index (χ1v) is 8.83. The molecule has 0 aromatic heterocycles. The molecule has 0 saturated heterocycles. The zero-order valence-corrected chi connectivity index (χ0v) is 14.5. The van der Waals surface area contributed by atoms with Crippen LogP contribution in [0.15, 0.2) is 45.8 Å². The van der Waals surface area contributed by atoms with Gasteiger partial charge in [0.1, 0.15) is 4.90 Å². The number of hydrogen-bond acceptors (Lipinski definition) is 3. The zero-order chi connectivity index (χ0) is 15.6. The molecular weight excluding hydrogens is 399 g/mol. The number of nitrogens with two attached hydrogens (primary N) is 1. The first-order chi connectivity index (χ1) is 9.83. The highest BCUT2D eigenvalue weighted by molar-refractivity contribution is 9.10. The van der Waals surface area contributed by atoms with E-state index in [0.29, 0.717) is 20.7 Å². The van der Waals surface area contributed by atoms with E-state index in [1.54, 1.807) is 18.2 Å². The summed E-state index contributed by atoms with van der Waals surface area (Å²) in [6.45, 7) is 0.226. The second kappa shape index (κ2) is 6.54. The Labute approximate surface area is 141 Å². The fraction of sp³-hybridized carbons (Fsp3) is 0.0769. The van der Waals surface area contributed by atoms with E-state index in [1.165, 1.54) is 18.2 Å². The molecule has 112 valence electrons. The van der Waals surface area contributed by atoms with E-state index < -0.39 is 10.0 Å². The number of benzene rings is 2. The molecule has 0 unspecified atom stereocenters. The maximum atomic E-state index is 12.4. The average Bonchev–Trinajstić information content (AvgIpc) is 2.43. The lowest BCUT2D eigenvalue weighted by atomic mass is 10.2. The van der Waals surface area contributed by atoms with Crippen molar-refractivity contribution in [1.29, 1.82) is 0 Å². The minimum atomic E-state index is -3.82. The first kappa shape index (κ1) is 16.6. The molecule has 0 atom stereocenters. The lowest BCUT2D eigenvalue weighted by molar-refractivity contribution is 0.601. The molecule has 0 saturated carbocycles. The molecule has 2 rings (SSSR count). The van der Waals surface area contributed by atoms with Crippen molar-refractivity contribution in [1.82, 2.24) is 0 Å². The van der Waals surface area contributed by atoms with Crippen LogP contribution in [-0.4, -0.2) is 8.42 Å². The Morgan fingerprint density at radius 1 is 1.10 bits per heavy atom. The summed E-state index contributed by atoms with van der Waals surface area (Å²) < 4.78 is 27.9.